The maximum Gasteiger partial charge on any atom is 0.306 e. The van der Waals surface area contributed by atoms with E-state index in [1.165, 1.54) is 36.0 Å². The van der Waals surface area contributed by atoms with Gasteiger partial charge >= 0.3 is 5.97 Å². The summed E-state index contributed by atoms with van der Waals surface area (Å²) in [6.45, 7) is 3.14. The van der Waals surface area contributed by atoms with Crippen molar-refractivity contribution in [3.63, 3.8) is 0 Å². The Labute approximate surface area is 252 Å². The molecule has 10 heteroatoms. The zero-order valence-electron chi connectivity index (χ0n) is 23.8. The molecule has 7 nitrogen and oxygen atoms in total. The first-order valence-electron chi connectivity index (χ1n) is 14.1. The number of nitrogens with one attached hydrogen (secondary N) is 2. The van der Waals surface area contributed by atoms with Crippen LogP contribution in [0.5, 0.6) is 11.5 Å². The number of H-pyrrole nitrogens is 2. The van der Waals surface area contributed by atoms with E-state index in [1.54, 1.807) is 19.3 Å². The van der Waals surface area contributed by atoms with E-state index < -0.39 is 17.0 Å². The standard InChI is InChI=1S/C33H31F2N3O4S/c1-3-41-29(39)10-7-20-5-4-6-21(15-20)33(12-14-40-19-33)28-18-37-32(38-28)24-16-22(8-9-25(24)34)42-30-26(35)17-27-23(11-13-36-27)31(30)43-2/h4-6,8-9,11,13,15-18,36H,3,7,10,12,14,19H2,1-2H3,(H,37,38). The molecule has 0 amide bonds. The van der Waals surface area contributed by atoms with E-state index >= 15 is 8.78 Å². The SMILES string of the molecule is CCOC(=O)CCc1cccc(C2(c3cnc(-c4cc(Oc5c(F)cc6[nH]ccc6c5SC)ccc4F)[nH]3)CCOC2)c1. The number of esters is 1. The third-order valence-electron chi connectivity index (χ3n) is 7.85. The van der Waals surface area contributed by atoms with Crippen molar-refractivity contribution in [3.05, 3.63) is 95.4 Å². The van der Waals surface area contributed by atoms with Crippen LogP contribution in [0.3, 0.4) is 0 Å². The summed E-state index contributed by atoms with van der Waals surface area (Å²) in [5, 5.41) is 0.843. The van der Waals surface area contributed by atoms with Gasteiger partial charge in [-0.25, -0.2) is 13.8 Å². The van der Waals surface area contributed by atoms with Crippen LogP contribution in [-0.4, -0.2) is 47.0 Å². The molecule has 0 radical (unpaired) electrons. The molecule has 1 aliphatic rings. The Morgan fingerprint density at radius 3 is 2.81 bits per heavy atom. The number of nitrogens with zero attached hydrogens (tertiary/aromatic N) is 1. The van der Waals surface area contributed by atoms with E-state index in [2.05, 4.69) is 21.0 Å². The lowest BCUT2D eigenvalue weighted by Crippen LogP contribution is -2.28. The molecule has 2 N–H and O–H groups in total. The van der Waals surface area contributed by atoms with Crippen molar-refractivity contribution < 1.29 is 27.8 Å². The van der Waals surface area contributed by atoms with Gasteiger partial charge in [0.2, 0.25) is 0 Å². The smallest absolute Gasteiger partial charge is 0.306 e. The molecular formula is C33H31F2N3O4S. The normalized spacial score (nSPS) is 16.6. The minimum Gasteiger partial charge on any atom is -0.466 e. The molecule has 2 aromatic heterocycles. The van der Waals surface area contributed by atoms with Gasteiger partial charge in [-0.3, -0.25) is 4.79 Å². The lowest BCUT2D eigenvalue weighted by atomic mass is 9.76. The molecule has 1 saturated heterocycles. The number of fused-ring (bicyclic) bond motifs is 1. The molecule has 1 fully saturated rings. The first kappa shape index (κ1) is 28.9. The Hall–Kier alpha value is -4.15. The minimum absolute atomic E-state index is 0.0854. The average Bonchev–Trinajstić information content (AvgIpc) is 3.79. The highest BCUT2D eigenvalue weighted by Gasteiger charge is 2.40. The first-order valence-corrected chi connectivity index (χ1v) is 15.3. The van der Waals surface area contributed by atoms with Gasteiger partial charge in [0.05, 0.1) is 29.1 Å². The van der Waals surface area contributed by atoms with Crippen molar-refractivity contribution in [2.24, 2.45) is 0 Å². The van der Waals surface area contributed by atoms with Crippen molar-refractivity contribution in [2.45, 2.75) is 36.5 Å². The predicted octanol–water partition coefficient (Wildman–Crippen LogP) is 7.55. The van der Waals surface area contributed by atoms with Gasteiger partial charge in [0.1, 0.15) is 17.4 Å². The van der Waals surface area contributed by atoms with Gasteiger partial charge in [-0.15, -0.1) is 11.8 Å². The Bertz CT molecular complexity index is 1780. The summed E-state index contributed by atoms with van der Waals surface area (Å²) in [6, 6.07) is 15.6. The molecule has 0 spiro atoms. The fraction of sp³-hybridized carbons (Fsp3) is 0.273. The van der Waals surface area contributed by atoms with Crippen LogP contribution in [0.15, 0.2) is 71.9 Å². The van der Waals surface area contributed by atoms with Crippen LogP contribution in [0.2, 0.25) is 0 Å². The van der Waals surface area contributed by atoms with Crippen molar-refractivity contribution in [1.29, 1.82) is 0 Å². The number of carbonyl (C=O) groups excluding carboxylic acids is 1. The number of hydrogen-bond acceptors (Lipinski definition) is 6. The summed E-state index contributed by atoms with van der Waals surface area (Å²) in [4.78, 5) is 23.5. The quantitative estimate of drug-likeness (QED) is 0.127. The Morgan fingerprint density at radius 1 is 1.14 bits per heavy atom. The maximum absolute atomic E-state index is 15.2. The summed E-state index contributed by atoms with van der Waals surface area (Å²) < 4.78 is 47.2. The zero-order valence-corrected chi connectivity index (χ0v) is 24.7. The summed E-state index contributed by atoms with van der Waals surface area (Å²) in [5.74, 6) is -0.533. The van der Waals surface area contributed by atoms with Gasteiger partial charge in [-0.1, -0.05) is 24.3 Å². The van der Waals surface area contributed by atoms with Gasteiger partial charge in [-0.05, 0) is 61.4 Å². The molecule has 1 aliphatic heterocycles. The number of benzene rings is 3. The van der Waals surface area contributed by atoms with Crippen LogP contribution in [0.25, 0.3) is 22.3 Å². The van der Waals surface area contributed by atoms with Crippen LogP contribution in [0, 0.1) is 11.6 Å². The first-order chi connectivity index (χ1) is 20.9. The predicted molar refractivity (Wildman–Crippen MR) is 162 cm³/mol. The molecule has 1 unspecified atom stereocenters. The monoisotopic (exact) mass is 603 g/mol. The fourth-order valence-corrected chi connectivity index (χ4v) is 6.38. The van der Waals surface area contributed by atoms with Gasteiger partial charge in [0, 0.05) is 48.1 Å². The van der Waals surface area contributed by atoms with Crippen molar-refractivity contribution in [3.8, 4) is 22.9 Å². The number of thioether (sulfide) groups is 1. The van der Waals surface area contributed by atoms with Gasteiger partial charge in [-0.2, -0.15) is 0 Å². The van der Waals surface area contributed by atoms with Crippen molar-refractivity contribution >= 4 is 28.6 Å². The lowest BCUT2D eigenvalue weighted by molar-refractivity contribution is -0.143. The summed E-state index contributed by atoms with van der Waals surface area (Å²) in [5.41, 5.74) is 3.20. The van der Waals surface area contributed by atoms with Crippen LogP contribution < -0.4 is 4.74 Å². The molecule has 5 aromatic rings. The number of rotatable bonds is 10. The van der Waals surface area contributed by atoms with Gasteiger partial charge < -0.3 is 24.2 Å². The number of aryl methyl sites for hydroxylation is 1. The molecule has 3 heterocycles. The molecule has 0 bridgehead atoms. The lowest BCUT2D eigenvalue weighted by Gasteiger charge is -2.27. The summed E-state index contributed by atoms with van der Waals surface area (Å²) in [7, 11) is 0. The van der Waals surface area contributed by atoms with Gasteiger partial charge in [0.25, 0.3) is 0 Å². The maximum atomic E-state index is 15.2. The minimum atomic E-state index is -0.516. The van der Waals surface area contributed by atoms with Crippen LogP contribution in [-0.2, 0) is 26.1 Å². The zero-order chi connectivity index (χ0) is 30.0. The number of hydrogen-bond donors (Lipinski definition) is 2. The Balaban J connectivity index is 1.30. The van der Waals surface area contributed by atoms with Crippen LogP contribution in [0.1, 0.15) is 36.6 Å². The number of aromatic nitrogens is 3. The third-order valence-corrected chi connectivity index (χ3v) is 8.66. The van der Waals surface area contributed by atoms with Crippen molar-refractivity contribution in [2.75, 3.05) is 26.1 Å². The van der Waals surface area contributed by atoms with Crippen LogP contribution >= 0.6 is 11.8 Å². The molecule has 3 aromatic carbocycles. The number of imidazole rings is 1. The Kier molecular flexibility index (Phi) is 8.23. The second kappa shape index (κ2) is 12.2. The van der Waals surface area contributed by atoms with E-state index in [0.717, 1.165) is 22.2 Å². The molecule has 1 atom stereocenters. The van der Waals surface area contributed by atoms with E-state index in [1.807, 2.05) is 30.5 Å². The summed E-state index contributed by atoms with van der Waals surface area (Å²) >= 11 is 1.38. The highest BCUT2D eigenvalue weighted by Crippen LogP contribution is 2.42. The highest BCUT2D eigenvalue weighted by molar-refractivity contribution is 7.99. The summed E-state index contributed by atoms with van der Waals surface area (Å²) in [6.07, 6.45) is 6.89. The molecule has 0 saturated carbocycles. The highest BCUT2D eigenvalue weighted by atomic mass is 32.2. The topological polar surface area (TPSA) is 89.2 Å². The third kappa shape index (κ3) is 5.64. The number of halogens is 2. The molecule has 0 aliphatic carbocycles. The molecule has 222 valence electrons. The fourth-order valence-electron chi connectivity index (χ4n) is 5.65. The van der Waals surface area contributed by atoms with Crippen molar-refractivity contribution in [1.82, 2.24) is 15.0 Å². The number of ether oxygens (including phenoxy) is 3. The van der Waals surface area contributed by atoms with Gasteiger partial charge in [0.15, 0.2) is 11.6 Å². The van der Waals surface area contributed by atoms with E-state index in [4.69, 9.17) is 14.2 Å². The molecular weight excluding hydrogens is 572 g/mol. The molecule has 43 heavy (non-hydrogen) atoms. The number of aromatic amines is 2. The Morgan fingerprint density at radius 2 is 2.02 bits per heavy atom. The number of carbonyl (C=O) groups is 1. The van der Waals surface area contributed by atoms with Crippen LogP contribution in [0.4, 0.5) is 8.78 Å². The largest absolute Gasteiger partial charge is 0.466 e. The average molecular weight is 604 g/mol. The second-order valence-electron chi connectivity index (χ2n) is 10.4. The second-order valence-corrected chi connectivity index (χ2v) is 11.3. The van der Waals surface area contributed by atoms with E-state index in [0.29, 0.717) is 55.3 Å². The van der Waals surface area contributed by atoms with E-state index in [-0.39, 0.29) is 23.0 Å². The van der Waals surface area contributed by atoms with E-state index in [9.17, 15) is 4.79 Å². The molecule has 6 rings (SSSR count).